The van der Waals surface area contributed by atoms with Gasteiger partial charge in [-0.1, -0.05) is 33.1 Å². The van der Waals surface area contributed by atoms with Crippen molar-refractivity contribution in [2.45, 2.75) is 77.5 Å². The third-order valence-electron chi connectivity index (χ3n) is 4.43. The van der Waals surface area contributed by atoms with Crippen molar-refractivity contribution in [3.8, 4) is 0 Å². The normalized spacial score (nSPS) is 20.1. The Bertz CT molecular complexity index is 354. The summed E-state index contributed by atoms with van der Waals surface area (Å²) in [5, 5.41) is 3.28. The molecule has 0 aromatic heterocycles. The van der Waals surface area contributed by atoms with E-state index in [-0.39, 0.29) is 10.7 Å². The second-order valence-corrected chi connectivity index (χ2v) is 9.44. The summed E-state index contributed by atoms with van der Waals surface area (Å²) in [6.45, 7) is 8.85. The maximum atomic E-state index is 12.0. The molecule has 0 aliphatic heterocycles. The Balaban J connectivity index is 2.64. The van der Waals surface area contributed by atoms with E-state index in [0.717, 1.165) is 13.0 Å². The lowest BCUT2D eigenvalue weighted by Gasteiger charge is -2.38. The fourth-order valence-corrected chi connectivity index (χ4v) is 4.02. The van der Waals surface area contributed by atoms with Crippen LogP contribution in [0.3, 0.4) is 0 Å². The van der Waals surface area contributed by atoms with E-state index in [1.165, 1.54) is 32.1 Å². The van der Waals surface area contributed by atoms with Crippen molar-refractivity contribution in [2.24, 2.45) is 5.41 Å². The molecule has 0 atom stereocenters. The van der Waals surface area contributed by atoms with Gasteiger partial charge in [0.2, 0.25) is 0 Å². The molecule has 0 bridgehead atoms. The van der Waals surface area contributed by atoms with Crippen molar-refractivity contribution in [1.82, 2.24) is 5.32 Å². The summed E-state index contributed by atoms with van der Waals surface area (Å²) >= 11 is 0. The molecular weight excluding hydrogens is 258 g/mol. The average Bonchev–Trinajstić information content (AvgIpc) is 2.35. The second kappa shape index (κ2) is 7.07. The maximum Gasteiger partial charge on any atom is 0.152 e. The summed E-state index contributed by atoms with van der Waals surface area (Å²) < 4.78 is 24.1. The first kappa shape index (κ1) is 17.0. The van der Waals surface area contributed by atoms with E-state index in [4.69, 9.17) is 0 Å². The van der Waals surface area contributed by atoms with E-state index >= 15 is 0 Å². The monoisotopic (exact) mass is 289 g/mol. The molecule has 0 heterocycles. The van der Waals surface area contributed by atoms with Crippen LogP contribution >= 0.6 is 0 Å². The average molecular weight is 289 g/mol. The van der Waals surface area contributed by atoms with Crippen molar-refractivity contribution in [2.75, 3.05) is 12.3 Å². The molecule has 0 aromatic carbocycles. The molecule has 19 heavy (non-hydrogen) atoms. The largest absolute Gasteiger partial charge is 0.314 e. The van der Waals surface area contributed by atoms with Crippen molar-refractivity contribution in [1.29, 1.82) is 0 Å². The highest BCUT2D eigenvalue weighted by Gasteiger charge is 2.33. The number of hydrogen-bond acceptors (Lipinski definition) is 3. The van der Waals surface area contributed by atoms with Gasteiger partial charge in [0.15, 0.2) is 9.84 Å². The van der Waals surface area contributed by atoms with Gasteiger partial charge < -0.3 is 5.32 Å². The summed E-state index contributed by atoms with van der Waals surface area (Å²) in [6.07, 6.45) is 7.00. The Morgan fingerprint density at radius 3 is 2.11 bits per heavy atom. The molecule has 1 fully saturated rings. The topological polar surface area (TPSA) is 46.2 Å². The van der Waals surface area contributed by atoms with Crippen LogP contribution in [-0.2, 0) is 9.84 Å². The van der Waals surface area contributed by atoms with E-state index in [2.05, 4.69) is 19.2 Å². The van der Waals surface area contributed by atoms with Crippen molar-refractivity contribution < 1.29 is 8.42 Å². The van der Waals surface area contributed by atoms with Crippen LogP contribution in [0.15, 0.2) is 0 Å². The van der Waals surface area contributed by atoms with E-state index < -0.39 is 9.84 Å². The molecule has 0 unspecified atom stereocenters. The lowest BCUT2D eigenvalue weighted by atomic mass is 9.72. The van der Waals surface area contributed by atoms with E-state index in [9.17, 15) is 8.42 Å². The van der Waals surface area contributed by atoms with Crippen molar-refractivity contribution in [3.05, 3.63) is 0 Å². The Morgan fingerprint density at radius 1 is 1.05 bits per heavy atom. The van der Waals surface area contributed by atoms with Crippen LogP contribution in [0.25, 0.3) is 0 Å². The van der Waals surface area contributed by atoms with Crippen LogP contribution in [-0.4, -0.2) is 32.0 Å². The summed E-state index contributed by atoms with van der Waals surface area (Å²) in [5.74, 6) is 0.352. The Morgan fingerprint density at radius 2 is 1.63 bits per heavy atom. The quantitative estimate of drug-likeness (QED) is 0.783. The van der Waals surface area contributed by atoms with Gasteiger partial charge in [0.1, 0.15) is 0 Å². The highest BCUT2D eigenvalue weighted by molar-refractivity contribution is 7.91. The Kier molecular flexibility index (Phi) is 6.31. The zero-order chi connectivity index (χ0) is 14.5. The van der Waals surface area contributed by atoms with E-state index in [0.29, 0.717) is 11.8 Å². The molecule has 1 rings (SSSR count). The molecule has 3 nitrogen and oxygen atoms in total. The molecule has 114 valence electrons. The van der Waals surface area contributed by atoms with Gasteiger partial charge in [0.25, 0.3) is 0 Å². The summed E-state index contributed by atoms with van der Waals surface area (Å²) in [6, 6.07) is 0.473. The van der Waals surface area contributed by atoms with Crippen LogP contribution in [0.5, 0.6) is 0 Å². The van der Waals surface area contributed by atoms with Gasteiger partial charge in [-0.15, -0.1) is 0 Å². The predicted octanol–water partition coefficient (Wildman–Crippen LogP) is 3.15. The molecular formula is C15H31NO2S. The van der Waals surface area contributed by atoms with Gasteiger partial charge in [0.05, 0.1) is 11.0 Å². The number of rotatable bonds is 7. The summed E-state index contributed by atoms with van der Waals surface area (Å²) in [5.41, 5.74) is 0.213. The smallest absolute Gasteiger partial charge is 0.152 e. The van der Waals surface area contributed by atoms with Gasteiger partial charge in [-0.05, 0) is 38.5 Å². The molecule has 1 aliphatic rings. The summed E-state index contributed by atoms with van der Waals surface area (Å²) in [4.78, 5) is 0. The SMILES string of the molecule is CC(C)NCC1(CCS(=O)(=O)C(C)C)CCCCC1. The minimum atomic E-state index is -2.90. The first-order valence-corrected chi connectivity index (χ1v) is 9.44. The zero-order valence-electron chi connectivity index (χ0n) is 13.0. The van der Waals surface area contributed by atoms with E-state index in [1.807, 2.05) is 0 Å². The Labute approximate surface area is 119 Å². The fourth-order valence-electron chi connectivity index (χ4n) is 2.83. The van der Waals surface area contributed by atoms with Crippen molar-refractivity contribution in [3.63, 3.8) is 0 Å². The standard InChI is InChI=1S/C15H31NO2S/c1-13(2)16-12-15(8-6-5-7-9-15)10-11-19(17,18)14(3)4/h13-14,16H,5-12H2,1-4H3. The third kappa shape index (κ3) is 5.42. The Hall–Kier alpha value is -0.0900. The van der Waals surface area contributed by atoms with Crippen LogP contribution in [0.1, 0.15) is 66.2 Å². The predicted molar refractivity (Wildman–Crippen MR) is 82.2 cm³/mol. The molecule has 0 radical (unpaired) electrons. The third-order valence-corrected chi connectivity index (χ3v) is 6.64. The molecule has 1 aliphatic carbocycles. The zero-order valence-corrected chi connectivity index (χ0v) is 13.9. The number of hydrogen-bond donors (Lipinski definition) is 1. The van der Waals surface area contributed by atoms with Gasteiger partial charge in [-0.3, -0.25) is 0 Å². The fraction of sp³-hybridized carbons (Fsp3) is 1.00. The minimum absolute atomic E-state index is 0.213. The van der Waals surface area contributed by atoms with Crippen molar-refractivity contribution >= 4 is 9.84 Å². The first-order chi connectivity index (χ1) is 8.77. The van der Waals surface area contributed by atoms with Gasteiger partial charge >= 0.3 is 0 Å². The lowest BCUT2D eigenvalue weighted by molar-refractivity contribution is 0.171. The second-order valence-electron chi connectivity index (χ2n) is 6.76. The molecule has 0 spiro atoms. The van der Waals surface area contributed by atoms with Crippen LogP contribution in [0, 0.1) is 5.41 Å². The lowest BCUT2D eigenvalue weighted by Crippen LogP contribution is -2.40. The number of sulfone groups is 1. The molecule has 0 amide bonds. The molecule has 0 aromatic rings. The molecule has 1 N–H and O–H groups in total. The number of nitrogens with one attached hydrogen (secondary N) is 1. The first-order valence-electron chi connectivity index (χ1n) is 7.72. The maximum absolute atomic E-state index is 12.0. The van der Waals surface area contributed by atoms with Gasteiger partial charge in [0, 0.05) is 12.6 Å². The molecule has 1 saturated carbocycles. The molecule has 0 saturated heterocycles. The molecule has 4 heteroatoms. The van der Waals surface area contributed by atoms with Crippen LogP contribution < -0.4 is 5.32 Å². The van der Waals surface area contributed by atoms with Crippen LogP contribution in [0.4, 0.5) is 0 Å². The van der Waals surface area contributed by atoms with Gasteiger partial charge in [-0.2, -0.15) is 0 Å². The highest BCUT2D eigenvalue weighted by atomic mass is 32.2. The van der Waals surface area contributed by atoms with Gasteiger partial charge in [-0.25, -0.2) is 8.42 Å². The minimum Gasteiger partial charge on any atom is -0.314 e. The van der Waals surface area contributed by atoms with Crippen LogP contribution in [0.2, 0.25) is 0 Å². The summed E-state index contributed by atoms with van der Waals surface area (Å²) in [7, 11) is -2.90. The van der Waals surface area contributed by atoms with E-state index in [1.54, 1.807) is 13.8 Å². The highest BCUT2D eigenvalue weighted by Crippen LogP contribution is 2.39.